The molecular formula is C14H21NO4. The molecule has 3 N–H and O–H groups in total. The standard InChI is InChI=1S/C14H21NO4/c1-8(2)13-10(18-3)5-6-11(19-4)14(13)9(15)7-12(16)17/h5-6,8-9H,7,15H2,1-4H3,(H,16,17). The van der Waals surface area contributed by atoms with Crippen LogP contribution < -0.4 is 15.2 Å². The van der Waals surface area contributed by atoms with Gasteiger partial charge in [0.2, 0.25) is 0 Å². The molecule has 5 heteroatoms. The number of methoxy groups -OCH3 is 2. The van der Waals surface area contributed by atoms with Crippen molar-refractivity contribution in [2.24, 2.45) is 5.73 Å². The lowest BCUT2D eigenvalue weighted by Crippen LogP contribution is -2.18. The third-order valence-electron chi connectivity index (χ3n) is 2.99. The fraction of sp³-hybridized carbons (Fsp3) is 0.500. The van der Waals surface area contributed by atoms with E-state index in [1.54, 1.807) is 20.3 Å². The summed E-state index contributed by atoms with van der Waals surface area (Å²) in [4.78, 5) is 10.9. The summed E-state index contributed by atoms with van der Waals surface area (Å²) in [6, 6.07) is 2.94. The fourth-order valence-electron chi connectivity index (χ4n) is 2.22. The molecule has 0 aromatic heterocycles. The Labute approximate surface area is 113 Å². The largest absolute Gasteiger partial charge is 0.496 e. The topological polar surface area (TPSA) is 81.8 Å². The molecule has 1 unspecified atom stereocenters. The van der Waals surface area contributed by atoms with E-state index in [4.69, 9.17) is 20.3 Å². The zero-order valence-electron chi connectivity index (χ0n) is 11.8. The van der Waals surface area contributed by atoms with E-state index in [2.05, 4.69) is 0 Å². The lowest BCUT2D eigenvalue weighted by molar-refractivity contribution is -0.137. The number of hydrogen-bond donors (Lipinski definition) is 2. The molecule has 0 aliphatic carbocycles. The van der Waals surface area contributed by atoms with Gasteiger partial charge in [-0.15, -0.1) is 0 Å². The predicted molar refractivity (Wildman–Crippen MR) is 72.8 cm³/mol. The monoisotopic (exact) mass is 267 g/mol. The van der Waals surface area contributed by atoms with Gasteiger partial charge < -0.3 is 20.3 Å². The molecule has 106 valence electrons. The van der Waals surface area contributed by atoms with Crippen LogP contribution in [-0.2, 0) is 4.79 Å². The summed E-state index contributed by atoms with van der Waals surface area (Å²) >= 11 is 0. The highest BCUT2D eigenvalue weighted by Gasteiger charge is 2.23. The Bertz CT molecular complexity index is 457. The van der Waals surface area contributed by atoms with Gasteiger partial charge in [0, 0.05) is 17.2 Å². The molecule has 0 aliphatic heterocycles. The van der Waals surface area contributed by atoms with Crippen LogP contribution in [0, 0.1) is 0 Å². The van der Waals surface area contributed by atoms with Gasteiger partial charge >= 0.3 is 5.97 Å². The molecule has 0 bridgehead atoms. The smallest absolute Gasteiger partial charge is 0.305 e. The van der Waals surface area contributed by atoms with Crippen molar-refractivity contribution in [1.82, 2.24) is 0 Å². The van der Waals surface area contributed by atoms with Crippen LogP contribution in [0.3, 0.4) is 0 Å². The van der Waals surface area contributed by atoms with Crippen LogP contribution in [-0.4, -0.2) is 25.3 Å². The van der Waals surface area contributed by atoms with Crippen molar-refractivity contribution in [2.45, 2.75) is 32.2 Å². The Morgan fingerprint density at radius 3 is 2.05 bits per heavy atom. The zero-order chi connectivity index (χ0) is 14.6. The van der Waals surface area contributed by atoms with Gasteiger partial charge in [-0.2, -0.15) is 0 Å². The van der Waals surface area contributed by atoms with Gasteiger partial charge in [-0.25, -0.2) is 0 Å². The Hall–Kier alpha value is -1.75. The Balaban J connectivity index is 3.42. The molecule has 1 aromatic carbocycles. The van der Waals surface area contributed by atoms with Crippen LogP contribution >= 0.6 is 0 Å². The molecule has 0 saturated heterocycles. The quantitative estimate of drug-likeness (QED) is 0.826. The second-order valence-electron chi connectivity index (χ2n) is 4.66. The van der Waals surface area contributed by atoms with E-state index in [1.807, 2.05) is 19.9 Å². The molecule has 1 aromatic rings. The van der Waals surface area contributed by atoms with E-state index in [0.29, 0.717) is 17.1 Å². The second-order valence-corrected chi connectivity index (χ2v) is 4.66. The summed E-state index contributed by atoms with van der Waals surface area (Å²) in [5.41, 5.74) is 7.62. The van der Waals surface area contributed by atoms with Gasteiger partial charge in [0.25, 0.3) is 0 Å². The molecule has 0 saturated carbocycles. The van der Waals surface area contributed by atoms with Gasteiger partial charge in [-0.3, -0.25) is 4.79 Å². The molecule has 0 heterocycles. The molecule has 0 fully saturated rings. The van der Waals surface area contributed by atoms with Crippen LogP contribution in [0.15, 0.2) is 12.1 Å². The minimum absolute atomic E-state index is 0.150. The molecule has 5 nitrogen and oxygen atoms in total. The highest BCUT2D eigenvalue weighted by Crippen LogP contribution is 2.39. The van der Waals surface area contributed by atoms with E-state index in [1.165, 1.54) is 0 Å². The molecule has 0 aliphatic rings. The van der Waals surface area contributed by atoms with Crippen molar-refractivity contribution < 1.29 is 19.4 Å². The van der Waals surface area contributed by atoms with Crippen molar-refractivity contribution >= 4 is 5.97 Å². The number of hydrogen-bond acceptors (Lipinski definition) is 4. The number of carbonyl (C=O) groups is 1. The van der Waals surface area contributed by atoms with Crippen LogP contribution in [0.25, 0.3) is 0 Å². The number of rotatable bonds is 6. The summed E-state index contributed by atoms with van der Waals surface area (Å²) in [7, 11) is 3.13. The van der Waals surface area contributed by atoms with Gasteiger partial charge in [0.1, 0.15) is 11.5 Å². The van der Waals surface area contributed by atoms with E-state index >= 15 is 0 Å². The minimum atomic E-state index is -0.938. The lowest BCUT2D eigenvalue weighted by atomic mass is 9.90. The van der Waals surface area contributed by atoms with E-state index in [0.717, 1.165) is 5.56 Å². The molecule has 1 rings (SSSR count). The average molecular weight is 267 g/mol. The van der Waals surface area contributed by atoms with E-state index in [-0.39, 0.29) is 12.3 Å². The van der Waals surface area contributed by atoms with E-state index in [9.17, 15) is 4.79 Å². The second kappa shape index (κ2) is 6.43. The first-order chi connectivity index (χ1) is 8.92. The summed E-state index contributed by atoms with van der Waals surface area (Å²) in [6.45, 7) is 4.02. The lowest BCUT2D eigenvalue weighted by Gasteiger charge is -2.23. The summed E-state index contributed by atoms with van der Waals surface area (Å²) < 4.78 is 10.7. The van der Waals surface area contributed by atoms with Crippen molar-refractivity contribution in [1.29, 1.82) is 0 Å². The highest BCUT2D eigenvalue weighted by atomic mass is 16.5. The molecule has 1 atom stereocenters. The van der Waals surface area contributed by atoms with Crippen LogP contribution in [0.1, 0.15) is 43.4 Å². The highest BCUT2D eigenvalue weighted by molar-refractivity contribution is 5.68. The summed E-state index contributed by atoms with van der Waals surface area (Å²) in [5.74, 6) is 0.511. The number of aliphatic carboxylic acids is 1. The molecular weight excluding hydrogens is 246 g/mol. The number of benzene rings is 1. The Morgan fingerprint density at radius 2 is 1.68 bits per heavy atom. The third kappa shape index (κ3) is 3.38. The first-order valence-electron chi connectivity index (χ1n) is 6.14. The number of nitrogens with two attached hydrogens (primary N) is 1. The molecule has 0 radical (unpaired) electrons. The SMILES string of the molecule is COc1ccc(OC)c(C(N)CC(=O)O)c1C(C)C. The summed E-state index contributed by atoms with van der Waals surface area (Å²) in [6.07, 6.45) is -0.150. The maximum atomic E-state index is 10.9. The van der Waals surface area contributed by atoms with Gasteiger partial charge in [0.15, 0.2) is 0 Å². The van der Waals surface area contributed by atoms with Crippen LogP contribution in [0.4, 0.5) is 0 Å². The van der Waals surface area contributed by atoms with Gasteiger partial charge in [-0.1, -0.05) is 13.8 Å². The molecule has 0 spiro atoms. The maximum Gasteiger partial charge on any atom is 0.305 e. The summed E-state index contributed by atoms with van der Waals surface area (Å²) in [5, 5.41) is 8.91. The first-order valence-corrected chi connectivity index (χ1v) is 6.14. The average Bonchev–Trinajstić information content (AvgIpc) is 2.35. The fourth-order valence-corrected chi connectivity index (χ4v) is 2.22. The normalized spacial score (nSPS) is 12.3. The minimum Gasteiger partial charge on any atom is -0.496 e. The zero-order valence-corrected chi connectivity index (χ0v) is 11.8. The van der Waals surface area contributed by atoms with Crippen LogP contribution in [0.5, 0.6) is 11.5 Å². The first kappa shape index (κ1) is 15.3. The van der Waals surface area contributed by atoms with Crippen LogP contribution in [0.2, 0.25) is 0 Å². The number of carboxylic acid groups (broad SMARTS) is 1. The molecule has 19 heavy (non-hydrogen) atoms. The van der Waals surface area contributed by atoms with Crippen molar-refractivity contribution in [3.8, 4) is 11.5 Å². The maximum absolute atomic E-state index is 10.9. The van der Waals surface area contributed by atoms with Gasteiger partial charge in [-0.05, 0) is 18.1 Å². The predicted octanol–water partition coefficient (Wildman–Crippen LogP) is 2.30. The van der Waals surface area contributed by atoms with Crippen molar-refractivity contribution in [3.63, 3.8) is 0 Å². The third-order valence-corrected chi connectivity index (χ3v) is 2.99. The van der Waals surface area contributed by atoms with Crippen molar-refractivity contribution in [2.75, 3.05) is 14.2 Å². The van der Waals surface area contributed by atoms with Crippen molar-refractivity contribution in [3.05, 3.63) is 23.3 Å². The van der Waals surface area contributed by atoms with E-state index < -0.39 is 12.0 Å². The molecule has 0 amide bonds. The Kier molecular flexibility index (Phi) is 5.18. The van der Waals surface area contributed by atoms with Gasteiger partial charge in [0.05, 0.1) is 20.6 Å². The number of ether oxygens (including phenoxy) is 2. The number of carboxylic acids is 1. The Morgan fingerprint density at radius 1 is 1.21 bits per heavy atom.